The largest absolute Gasteiger partial charge is 0.381 e. The molecule has 0 aromatic heterocycles. The molecule has 0 radical (unpaired) electrons. The third-order valence-corrected chi connectivity index (χ3v) is 4.14. The van der Waals surface area contributed by atoms with Gasteiger partial charge in [0.05, 0.1) is 0 Å². The van der Waals surface area contributed by atoms with Crippen molar-refractivity contribution >= 4 is 49.1 Å². The van der Waals surface area contributed by atoms with Gasteiger partial charge in [-0.1, -0.05) is 49.5 Å². The molecule has 0 heterocycles. The summed E-state index contributed by atoms with van der Waals surface area (Å²) in [5.41, 5.74) is 3.54. The Morgan fingerprint density at radius 3 is 2.56 bits per heavy atom. The molecule has 0 saturated heterocycles. The van der Waals surface area contributed by atoms with Crippen LogP contribution in [0.5, 0.6) is 0 Å². The lowest BCUT2D eigenvalue weighted by Gasteiger charge is -2.11. The third kappa shape index (κ3) is 3.50. The molecule has 0 aliphatic carbocycles. The van der Waals surface area contributed by atoms with Crippen LogP contribution in [0.15, 0.2) is 45.3 Å². The predicted molar refractivity (Wildman–Crippen MR) is 85.4 cm³/mol. The van der Waals surface area contributed by atoms with E-state index >= 15 is 0 Å². The van der Waals surface area contributed by atoms with E-state index in [1.807, 2.05) is 24.3 Å². The van der Waals surface area contributed by atoms with E-state index in [2.05, 4.69) is 56.2 Å². The number of aryl methyl sites for hydroxylation is 1. The highest BCUT2D eigenvalue weighted by molar-refractivity contribution is 9.10. The Bertz CT molecular complexity index is 518. The summed E-state index contributed by atoms with van der Waals surface area (Å²) in [5.74, 6) is 0. The summed E-state index contributed by atoms with van der Waals surface area (Å²) < 4.78 is 2.12. The standard InChI is InChI=1S/C14H12Br2ClN/c1-9-6-11(15)3-5-14(9)18-8-10-2-4-12(17)7-13(10)16/h2-7,18H,8H2,1H3. The van der Waals surface area contributed by atoms with Crippen molar-refractivity contribution < 1.29 is 0 Å². The zero-order valence-electron chi connectivity index (χ0n) is 9.81. The van der Waals surface area contributed by atoms with Gasteiger partial charge in [0.15, 0.2) is 0 Å². The average molecular weight is 390 g/mol. The molecular formula is C14H12Br2ClN. The Labute approximate surface area is 129 Å². The van der Waals surface area contributed by atoms with E-state index in [0.29, 0.717) is 0 Å². The normalized spacial score (nSPS) is 10.4. The molecule has 0 spiro atoms. The Hall–Kier alpha value is -0.510. The fraction of sp³-hybridized carbons (Fsp3) is 0.143. The van der Waals surface area contributed by atoms with Crippen LogP contribution in [0, 0.1) is 6.92 Å². The molecule has 4 heteroatoms. The van der Waals surface area contributed by atoms with Crippen LogP contribution in [0.4, 0.5) is 5.69 Å². The number of anilines is 1. The van der Waals surface area contributed by atoms with Crippen molar-refractivity contribution in [3.8, 4) is 0 Å². The highest BCUT2D eigenvalue weighted by Crippen LogP contribution is 2.24. The fourth-order valence-electron chi connectivity index (χ4n) is 1.68. The molecular weight excluding hydrogens is 377 g/mol. The first kappa shape index (κ1) is 13.9. The lowest BCUT2D eigenvalue weighted by atomic mass is 10.2. The Kier molecular flexibility index (Phi) is 4.71. The van der Waals surface area contributed by atoms with Crippen molar-refractivity contribution in [1.82, 2.24) is 0 Å². The molecule has 1 N–H and O–H groups in total. The number of hydrogen-bond acceptors (Lipinski definition) is 1. The van der Waals surface area contributed by atoms with Gasteiger partial charge in [0.25, 0.3) is 0 Å². The topological polar surface area (TPSA) is 12.0 Å². The maximum absolute atomic E-state index is 5.92. The van der Waals surface area contributed by atoms with Crippen LogP contribution < -0.4 is 5.32 Å². The summed E-state index contributed by atoms with van der Waals surface area (Å²) in [5, 5.41) is 4.16. The van der Waals surface area contributed by atoms with Gasteiger partial charge in [-0.3, -0.25) is 0 Å². The molecule has 0 atom stereocenters. The lowest BCUT2D eigenvalue weighted by molar-refractivity contribution is 1.13. The van der Waals surface area contributed by atoms with Crippen molar-refractivity contribution in [2.45, 2.75) is 13.5 Å². The van der Waals surface area contributed by atoms with Gasteiger partial charge in [-0.2, -0.15) is 0 Å². The Morgan fingerprint density at radius 2 is 1.89 bits per heavy atom. The predicted octanol–water partition coefficient (Wildman–Crippen LogP) is 5.79. The molecule has 0 aliphatic rings. The minimum absolute atomic E-state index is 0.741. The van der Waals surface area contributed by atoms with E-state index < -0.39 is 0 Å². The first-order chi connectivity index (χ1) is 8.56. The maximum Gasteiger partial charge on any atom is 0.0417 e. The SMILES string of the molecule is Cc1cc(Br)ccc1NCc1ccc(Cl)cc1Br. The van der Waals surface area contributed by atoms with Crippen LogP contribution in [0.2, 0.25) is 5.02 Å². The Morgan fingerprint density at radius 1 is 1.11 bits per heavy atom. The van der Waals surface area contributed by atoms with E-state index in [9.17, 15) is 0 Å². The van der Waals surface area contributed by atoms with Gasteiger partial charge in [-0.15, -0.1) is 0 Å². The second kappa shape index (κ2) is 6.09. The van der Waals surface area contributed by atoms with Crippen LogP contribution in [0.3, 0.4) is 0 Å². The van der Waals surface area contributed by atoms with Crippen molar-refractivity contribution in [3.63, 3.8) is 0 Å². The lowest BCUT2D eigenvalue weighted by Crippen LogP contribution is -2.01. The molecule has 0 unspecified atom stereocenters. The van der Waals surface area contributed by atoms with E-state index in [0.717, 1.165) is 26.2 Å². The van der Waals surface area contributed by atoms with Gasteiger partial charge < -0.3 is 5.32 Å². The maximum atomic E-state index is 5.92. The zero-order chi connectivity index (χ0) is 13.1. The first-order valence-corrected chi connectivity index (χ1v) is 7.46. The molecule has 2 aromatic rings. The number of benzene rings is 2. The van der Waals surface area contributed by atoms with Crippen LogP contribution >= 0.6 is 43.5 Å². The second-order valence-corrected chi connectivity index (χ2v) is 6.25. The number of hydrogen-bond donors (Lipinski definition) is 1. The van der Waals surface area contributed by atoms with Crippen molar-refractivity contribution in [1.29, 1.82) is 0 Å². The zero-order valence-corrected chi connectivity index (χ0v) is 13.7. The van der Waals surface area contributed by atoms with Gasteiger partial charge in [0, 0.05) is 26.2 Å². The Balaban J connectivity index is 2.11. The van der Waals surface area contributed by atoms with E-state index in [-0.39, 0.29) is 0 Å². The van der Waals surface area contributed by atoms with E-state index in [4.69, 9.17) is 11.6 Å². The summed E-state index contributed by atoms with van der Waals surface area (Å²) >= 11 is 12.9. The van der Waals surface area contributed by atoms with Crippen molar-refractivity contribution in [2.24, 2.45) is 0 Å². The molecule has 18 heavy (non-hydrogen) atoms. The number of halogens is 3. The highest BCUT2D eigenvalue weighted by Gasteiger charge is 2.02. The summed E-state index contributed by atoms with van der Waals surface area (Å²) in [6.07, 6.45) is 0. The first-order valence-electron chi connectivity index (χ1n) is 5.50. The second-order valence-electron chi connectivity index (χ2n) is 4.05. The van der Waals surface area contributed by atoms with Gasteiger partial charge in [-0.05, 0) is 48.4 Å². The van der Waals surface area contributed by atoms with E-state index in [1.54, 1.807) is 0 Å². The third-order valence-electron chi connectivity index (χ3n) is 2.67. The molecule has 0 bridgehead atoms. The van der Waals surface area contributed by atoms with Crippen LogP contribution in [-0.4, -0.2) is 0 Å². The summed E-state index contributed by atoms with van der Waals surface area (Å²) in [6, 6.07) is 12.0. The minimum Gasteiger partial charge on any atom is -0.381 e. The van der Waals surface area contributed by atoms with Crippen LogP contribution in [0.1, 0.15) is 11.1 Å². The summed E-state index contributed by atoms with van der Waals surface area (Å²) in [7, 11) is 0. The van der Waals surface area contributed by atoms with Gasteiger partial charge in [0.2, 0.25) is 0 Å². The van der Waals surface area contributed by atoms with Gasteiger partial charge in [0.1, 0.15) is 0 Å². The van der Waals surface area contributed by atoms with Crippen LogP contribution in [-0.2, 0) is 6.54 Å². The monoisotopic (exact) mass is 387 g/mol. The molecule has 0 fully saturated rings. The minimum atomic E-state index is 0.741. The quantitative estimate of drug-likeness (QED) is 0.701. The van der Waals surface area contributed by atoms with Gasteiger partial charge >= 0.3 is 0 Å². The van der Waals surface area contributed by atoms with Crippen molar-refractivity contribution in [3.05, 3.63) is 61.5 Å². The molecule has 0 amide bonds. The number of nitrogens with one attached hydrogen (secondary N) is 1. The van der Waals surface area contributed by atoms with Crippen molar-refractivity contribution in [2.75, 3.05) is 5.32 Å². The highest BCUT2D eigenvalue weighted by atomic mass is 79.9. The summed E-state index contributed by atoms with van der Waals surface area (Å²) in [6.45, 7) is 2.85. The molecule has 94 valence electrons. The summed E-state index contributed by atoms with van der Waals surface area (Å²) in [4.78, 5) is 0. The molecule has 2 rings (SSSR count). The molecule has 1 nitrogen and oxygen atoms in total. The number of rotatable bonds is 3. The smallest absolute Gasteiger partial charge is 0.0417 e. The van der Waals surface area contributed by atoms with Crippen LogP contribution in [0.25, 0.3) is 0 Å². The average Bonchev–Trinajstić information content (AvgIpc) is 2.30. The van der Waals surface area contributed by atoms with Gasteiger partial charge in [-0.25, -0.2) is 0 Å². The molecule has 2 aromatic carbocycles. The fourth-order valence-corrected chi connectivity index (χ4v) is 2.98. The van der Waals surface area contributed by atoms with E-state index in [1.165, 1.54) is 11.1 Å². The molecule has 0 saturated carbocycles. The molecule has 0 aliphatic heterocycles.